The average molecular weight is 327 g/mol. The standard InChI is InChI=1S/C11H10ClF3N2O4/c12-5-1-2-7(6(3-5)11(13,14)15)16-10(21)17-8(4-18)9(19)20/h1-3,8,18H,4H2,(H,19,20)(H2,16,17,21). The molecule has 1 rings (SSSR count). The van der Waals surface area contributed by atoms with Crippen molar-refractivity contribution in [1.82, 2.24) is 5.32 Å². The van der Waals surface area contributed by atoms with E-state index in [2.05, 4.69) is 0 Å². The van der Waals surface area contributed by atoms with E-state index in [-0.39, 0.29) is 5.02 Å². The van der Waals surface area contributed by atoms with Crippen molar-refractivity contribution in [3.63, 3.8) is 0 Å². The lowest BCUT2D eigenvalue weighted by atomic mass is 10.1. The number of benzene rings is 1. The number of alkyl halides is 3. The van der Waals surface area contributed by atoms with Crippen LogP contribution >= 0.6 is 11.6 Å². The van der Waals surface area contributed by atoms with Crippen LogP contribution in [0.1, 0.15) is 5.56 Å². The van der Waals surface area contributed by atoms with Crippen molar-refractivity contribution in [1.29, 1.82) is 0 Å². The summed E-state index contributed by atoms with van der Waals surface area (Å²) in [4.78, 5) is 22.0. The Morgan fingerprint density at radius 1 is 1.33 bits per heavy atom. The van der Waals surface area contributed by atoms with Gasteiger partial charge in [0.25, 0.3) is 0 Å². The number of carbonyl (C=O) groups excluding carboxylic acids is 1. The van der Waals surface area contributed by atoms with Crippen molar-refractivity contribution in [2.24, 2.45) is 0 Å². The van der Waals surface area contributed by atoms with Gasteiger partial charge in [0.1, 0.15) is 0 Å². The number of rotatable bonds is 4. The maximum Gasteiger partial charge on any atom is 0.418 e. The highest BCUT2D eigenvalue weighted by Gasteiger charge is 2.34. The van der Waals surface area contributed by atoms with E-state index in [1.54, 1.807) is 0 Å². The van der Waals surface area contributed by atoms with Gasteiger partial charge >= 0.3 is 18.2 Å². The summed E-state index contributed by atoms with van der Waals surface area (Å²) in [5.74, 6) is -1.53. The van der Waals surface area contributed by atoms with Gasteiger partial charge in [-0.25, -0.2) is 9.59 Å². The molecule has 1 aromatic carbocycles. The molecule has 0 saturated carbocycles. The Morgan fingerprint density at radius 2 is 1.95 bits per heavy atom. The molecule has 0 heterocycles. The average Bonchev–Trinajstić information content (AvgIpc) is 2.36. The molecular weight excluding hydrogens is 317 g/mol. The molecule has 0 aliphatic rings. The Bertz CT molecular complexity index is 551. The van der Waals surface area contributed by atoms with Crippen molar-refractivity contribution in [3.05, 3.63) is 28.8 Å². The number of anilines is 1. The van der Waals surface area contributed by atoms with Crippen molar-refractivity contribution in [2.75, 3.05) is 11.9 Å². The van der Waals surface area contributed by atoms with E-state index in [1.807, 2.05) is 10.6 Å². The number of aliphatic carboxylic acids is 1. The fourth-order valence-electron chi connectivity index (χ4n) is 1.36. The SMILES string of the molecule is O=C(Nc1ccc(Cl)cc1C(F)(F)F)NC(CO)C(=O)O. The van der Waals surface area contributed by atoms with E-state index in [1.165, 1.54) is 0 Å². The van der Waals surface area contributed by atoms with E-state index in [9.17, 15) is 22.8 Å². The zero-order chi connectivity index (χ0) is 16.2. The molecule has 0 aliphatic carbocycles. The molecule has 1 atom stereocenters. The lowest BCUT2D eigenvalue weighted by Gasteiger charge is -2.16. The van der Waals surface area contributed by atoms with Gasteiger partial charge in [-0.1, -0.05) is 11.6 Å². The first-order chi connectivity index (χ1) is 9.65. The predicted octanol–water partition coefficient (Wildman–Crippen LogP) is 1.93. The summed E-state index contributed by atoms with van der Waals surface area (Å²) in [6.45, 7) is -0.907. The van der Waals surface area contributed by atoms with Gasteiger partial charge in [-0.2, -0.15) is 13.2 Å². The van der Waals surface area contributed by atoms with E-state index < -0.39 is 42.1 Å². The zero-order valence-electron chi connectivity index (χ0n) is 10.2. The molecule has 0 fully saturated rings. The molecule has 2 amide bonds. The van der Waals surface area contributed by atoms with E-state index in [0.29, 0.717) is 6.07 Å². The quantitative estimate of drug-likeness (QED) is 0.679. The molecule has 10 heteroatoms. The molecule has 21 heavy (non-hydrogen) atoms. The molecule has 0 bridgehead atoms. The Kier molecular flexibility index (Phi) is 5.39. The number of urea groups is 1. The molecule has 6 nitrogen and oxygen atoms in total. The summed E-state index contributed by atoms with van der Waals surface area (Å²) in [5.41, 5.74) is -1.77. The first-order valence-electron chi connectivity index (χ1n) is 5.43. The number of amides is 2. The topological polar surface area (TPSA) is 98.7 Å². The number of halogens is 4. The third-order valence-electron chi connectivity index (χ3n) is 2.32. The highest BCUT2D eigenvalue weighted by molar-refractivity contribution is 6.30. The number of carbonyl (C=O) groups is 2. The number of carboxylic acid groups (broad SMARTS) is 1. The van der Waals surface area contributed by atoms with Crippen molar-refractivity contribution in [3.8, 4) is 0 Å². The van der Waals surface area contributed by atoms with E-state index >= 15 is 0 Å². The molecular formula is C11H10ClF3N2O4. The molecule has 116 valence electrons. The third-order valence-corrected chi connectivity index (χ3v) is 2.56. The smallest absolute Gasteiger partial charge is 0.418 e. The van der Waals surface area contributed by atoms with Gasteiger partial charge in [0.2, 0.25) is 0 Å². The van der Waals surface area contributed by atoms with Crippen molar-refractivity contribution >= 4 is 29.3 Å². The number of aliphatic hydroxyl groups is 1. The third kappa shape index (κ3) is 4.80. The highest BCUT2D eigenvalue weighted by Crippen LogP contribution is 2.36. The van der Waals surface area contributed by atoms with Crippen LogP contribution in [0.15, 0.2) is 18.2 Å². The minimum Gasteiger partial charge on any atom is -0.480 e. The molecule has 0 aromatic heterocycles. The van der Waals surface area contributed by atoms with Crippen LogP contribution in [0.2, 0.25) is 5.02 Å². The summed E-state index contributed by atoms with van der Waals surface area (Å²) >= 11 is 5.47. The summed E-state index contributed by atoms with van der Waals surface area (Å²) in [5, 5.41) is 20.8. The largest absolute Gasteiger partial charge is 0.480 e. The maximum absolute atomic E-state index is 12.8. The van der Waals surface area contributed by atoms with Crippen LogP contribution in [-0.4, -0.2) is 34.9 Å². The second-order valence-corrected chi connectivity index (χ2v) is 4.30. The molecule has 4 N–H and O–H groups in total. The maximum atomic E-state index is 12.8. The number of hydrogen-bond acceptors (Lipinski definition) is 3. The fourth-order valence-corrected chi connectivity index (χ4v) is 1.53. The second-order valence-electron chi connectivity index (χ2n) is 3.86. The van der Waals surface area contributed by atoms with Gasteiger partial charge in [-0.15, -0.1) is 0 Å². The van der Waals surface area contributed by atoms with Crippen LogP contribution in [-0.2, 0) is 11.0 Å². The Hall–Kier alpha value is -2.00. The highest BCUT2D eigenvalue weighted by atomic mass is 35.5. The molecule has 0 saturated heterocycles. The van der Waals surface area contributed by atoms with Crippen LogP contribution in [0.4, 0.5) is 23.7 Å². The summed E-state index contributed by atoms with van der Waals surface area (Å²) in [6, 6.07) is -0.152. The van der Waals surface area contributed by atoms with E-state index in [4.69, 9.17) is 21.8 Å². The molecule has 0 radical (unpaired) electrons. The summed E-state index contributed by atoms with van der Waals surface area (Å²) in [7, 11) is 0. The predicted molar refractivity (Wildman–Crippen MR) is 67.1 cm³/mol. The van der Waals surface area contributed by atoms with Crippen LogP contribution in [0.5, 0.6) is 0 Å². The molecule has 0 spiro atoms. The van der Waals surface area contributed by atoms with Crippen LogP contribution in [0, 0.1) is 0 Å². The first kappa shape index (κ1) is 17.1. The van der Waals surface area contributed by atoms with Gasteiger partial charge in [0.05, 0.1) is 17.9 Å². The van der Waals surface area contributed by atoms with Crippen molar-refractivity contribution < 1.29 is 33.0 Å². The van der Waals surface area contributed by atoms with Crippen LogP contribution in [0.25, 0.3) is 0 Å². The minimum absolute atomic E-state index is 0.174. The Labute approximate surface area is 121 Å². The first-order valence-corrected chi connectivity index (χ1v) is 5.81. The Balaban J connectivity index is 2.93. The van der Waals surface area contributed by atoms with Gasteiger partial charge in [-0.05, 0) is 18.2 Å². The van der Waals surface area contributed by atoms with Gasteiger partial charge in [0.15, 0.2) is 6.04 Å². The number of hydrogen-bond donors (Lipinski definition) is 4. The van der Waals surface area contributed by atoms with Crippen molar-refractivity contribution in [2.45, 2.75) is 12.2 Å². The zero-order valence-corrected chi connectivity index (χ0v) is 11.0. The number of carboxylic acids is 1. The summed E-state index contributed by atoms with van der Waals surface area (Å²) < 4.78 is 38.3. The normalized spacial score (nSPS) is 12.6. The van der Waals surface area contributed by atoms with Gasteiger partial charge < -0.3 is 20.8 Å². The van der Waals surface area contributed by atoms with E-state index in [0.717, 1.165) is 12.1 Å². The fraction of sp³-hybridized carbons (Fsp3) is 0.273. The summed E-state index contributed by atoms with van der Waals surface area (Å²) in [6.07, 6.45) is -4.75. The lowest BCUT2D eigenvalue weighted by Crippen LogP contribution is -2.45. The molecule has 0 aliphatic heterocycles. The van der Waals surface area contributed by atoms with Gasteiger partial charge in [0, 0.05) is 5.02 Å². The second kappa shape index (κ2) is 6.64. The van der Waals surface area contributed by atoms with Crippen LogP contribution < -0.4 is 10.6 Å². The monoisotopic (exact) mass is 326 g/mol. The van der Waals surface area contributed by atoms with Crippen LogP contribution in [0.3, 0.4) is 0 Å². The molecule has 1 aromatic rings. The Morgan fingerprint density at radius 3 is 2.43 bits per heavy atom. The molecule has 1 unspecified atom stereocenters. The van der Waals surface area contributed by atoms with Gasteiger partial charge in [-0.3, -0.25) is 0 Å². The lowest BCUT2D eigenvalue weighted by molar-refractivity contribution is -0.140. The minimum atomic E-state index is -4.75. The number of nitrogens with one attached hydrogen (secondary N) is 2. The number of aliphatic hydroxyl groups excluding tert-OH is 1.